The molecule has 1 unspecified atom stereocenters. The molecule has 1 aliphatic rings. The number of ketones is 1. The molecule has 1 heterocycles. The SMILES string of the molecule is CCOc1ccc(/C(O)=C2/C(=O)C(=O)N(Cc3ccc(C(=O)O)cc3)C2c2ccc(C(C)(C)C)cc2)cc1C. The summed E-state index contributed by atoms with van der Waals surface area (Å²) >= 11 is 0. The number of carboxylic acid groups (broad SMARTS) is 1. The molecule has 0 aromatic heterocycles. The number of aryl methyl sites for hydroxylation is 1. The lowest BCUT2D eigenvalue weighted by Gasteiger charge is -2.26. The van der Waals surface area contributed by atoms with Gasteiger partial charge in [0.1, 0.15) is 11.5 Å². The van der Waals surface area contributed by atoms with Gasteiger partial charge in [0.25, 0.3) is 11.7 Å². The van der Waals surface area contributed by atoms with Crippen LogP contribution in [0.1, 0.15) is 71.9 Å². The number of nitrogens with zero attached hydrogens (tertiary/aromatic N) is 1. The molecule has 3 aromatic carbocycles. The van der Waals surface area contributed by atoms with Crippen LogP contribution in [0.2, 0.25) is 0 Å². The van der Waals surface area contributed by atoms with Gasteiger partial charge in [0, 0.05) is 12.1 Å². The molecule has 0 spiro atoms. The number of hydrogen-bond acceptors (Lipinski definition) is 5. The maximum absolute atomic E-state index is 13.4. The molecule has 1 saturated heterocycles. The Hall–Kier alpha value is -4.39. The smallest absolute Gasteiger partial charge is 0.335 e. The number of carbonyl (C=O) groups is 3. The van der Waals surface area contributed by atoms with Gasteiger partial charge in [-0.05, 0) is 71.8 Å². The Morgan fingerprint density at radius 3 is 2.08 bits per heavy atom. The Bertz CT molecular complexity index is 1450. The van der Waals surface area contributed by atoms with Gasteiger partial charge in [-0.2, -0.15) is 0 Å². The zero-order chi connectivity index (χ0) is 28.5. The van der Waals surface area contributed by atoms with E-state index in [1.165, 1.54) is 17.0 Å². The fourth-order valence-corrected chi connectivity index (χ4v) is 4.77. The van der Waals surface area contributed by atoms with Crippen molar-refractivity contribution in [3.05, 3.63) is 106 Å². The number of aliphatic hydroxyl groups is 1. The predicted molar refractivity (Wildman–Crippen MR) is 149 cm³/mol. The van der Waals surface area contributed by atoms with Crippen LogP contribution < -0.4 is 4.74 Å². The Labute approximate surface area is 228 Å². The summed E-state index contributed by atoms with van der Waals surface area (Å²) in [4.78, 5) is 39.5. The monoisotopic (exact) mass is 527 g/mol. The average molecular weight is 528 g/mol. The molecule has 2 N–H and O–H groups in total. The van der Waals surface area contributed by atoms with Crippen molar-refractivity contribution >= 4 is 23.4 Å². The van der Waals surface area contributed by atoms with Gasteiger partial charge in [-0.25, -0.2) is 4.79 Å². The van der Waals surface area contributed by atoms with Crippen LogP contribution in [0.15, 0.2) is 72.3 Å². The van der Waals surface area contributed by atoms with Crippen LogP contribution in [0.4, 0.5) is 0 Å². The van der Waals surface area contributed by atoms with Gasteiger partial charge < -0.3 is 19.8 Å². The Morgan fingerprint density at radius 2 is 1.54 bits per heavy atom. The van der Waals surface area contributed by atoms with Crippen LogP contribution in [0.25, 0.3) is 5.76 Å². The van der Waals surface area contributed by atoms with E-state index in [4.69, 9.17) is 4.74 Å². The molecule has 3 aromatic rings. The summed E-state index contributed by atoms with van der Waals surface area (Å²) in [5.74, 6) is -2.13. The van der Waals surface area contributed by atoms with E-state index in [1.807, 2.05) is 38.1 Å². The molecule has 0 bridgehead atoms. The fraction of sp³-hybridized carbons (Fsp3) is 0.281. The minimum atomic E-state index is -1.05. The second kappa shape index (κ2) is 10.8. The molecule has 202 valence electrons. The molecular weight excluding hydrogens is 494 g/mol. The summed E-state index contributed by atoms with van der Waals surface area (Å²) in [5.41, 5.74) is 3.69. The van der Waals surface area contributed by atoms with Crippen molar-refractivity contribution < 1.29 is 29.3 Å². The van der Waals surface area contributed by atoms with Gasteiger partial charge >= 0.3 is 5.97 Å². The lowest BCUT2D eigenvalue weighted by atomic mass is 9.85. The van der Waals surface area contributed by atoms with Crippen LogP contribution in [-0.2, 0) is 21.5 Å². The molecule has 1 aliphatic heterocycles. The van der Waals surface area contributed by atoms with Crippen LogP contribution in [0.3, 0.4) is 0 Å². The third-order valence-corrected chi connectivity index (χ3v) is 6.93. The van der Waals surface area contributed by atoms with Gasteiger partial charge in [-0.15, -0.1) is 0 Å². The number of likely N-dealkylation sites (tertiary alicyclic amines) is 1. The van der Waals surface area contributed by atoms with Gasteiger partial charge in [0.2, 0.25) is 0 Å². The van der Waals surface area contributed by atoms with Crippen LogP contribution >= 0.6 is 0 Å². The first-order valence-corrected chi connectivity index (χ1v) is 12.9. The number of Topliss-reactive ketones (excluding diaryl/α,β-unsaturated/α-hetero) is 1. The third kappa shape index (κ3) is 5.58. The predicted octanol–water partition coefficient (Wildman–Crippen LogP) is 6.01. The molecule has 0 aliphatic carbocycles. The lowest BCUT2D eigenvalue weighted by Crippen LogP contribution is -2.29. The zero-order valence-electron chi connectivity index (χ0n) is 22.8. The van der Waals surface area contributed by atoms with Crippen molar-refractivity contribution in [1.29, 1.82) is 0 Å². The second-order valence-corrected chi connectivity index (χ2v) is 10.7. The van der Waals surface area contributed by atoms with E-state index in [1.54, 1.807) is 30.3 Å². The van der Waals surface area contributed by atoms with Crippen LogP contribution in [0.5, 0.6) is 5.75 Å². The minimum absolute atomic E-state index is 0.00854. The van der Waals surface area contributed by atoms with E-state index in [2.05, 4.69) is 20.8 Å². The molecule has 0 radical (unpaired) electrons. The van der Waals surface area contributed by atoms with E-state index in [9.17, 15) is 24.6 Å². The number of benzene rings is 3. The number of aromatic carboxylic acids is 1. The molecule has 0 saturated carbocycles. The highest BCUT2D eigenvalue weighted by atomic mass is 16.5. The molecule has 7 heteroatoms. The number of amides is 1. The highest BCUT2D eigenvalue weighted by Crippen LogP contribution is 2.41. The van der Waals surface area contributed by atoms with Crippen molar-refractivity contribution in [2.45, 2.75) is 52.6 Å². The summed E-state index contributed by atoms with van der Waals surface area (Å²) in [5, 5.41) is 20.7. The van der Waals surface area contributed by atoms with Gasteiger partial charge in [0.15, 0.2) is 0 Å². The van der Waals surface area contributed by atoms with E-state index in [0.717, 1.165) is 11.1 Å². The first-order valence-electron chi connectivity index (χ1n) is 12.9. The van der Waals surface area contributed by atoms with Crippen LogP contribution in [-0.4, -0.2) is 39.4 Å². The fourth-order valence-electron chi connectivity index (χ4n) is 4.77. The quantitative estimate of drug-likeness (QED) is 0.222. The molecule has 1 atom stereocenters. The number of aliphatic hydroxyl groups excluding tert-OH is 1. The highest BCUT2D eigenvalue weighted by Gasteiger charge is 2.46. The molecule has 7 nitrogen and oxygen atoms in total. The van der Waals surface area contributed by atoms with Crippen molar-refractivity contribution in [3.8, 4) is 5.75 Å². The topological polar surface area (TPSA) is 104 Å². The summed E-state index contributed by atoms with van der Waals surface area (Å²) < 4.78 is 5.61. The molecule has 39 heavy (non-hydrogen) atoms. The molecule has 4 rings (SSSR count). The van der Waals surface area contributed by atoms with Gasteiger partial charge in [0.05, 0.1) is 23.8 Å². The minimum Gasteiger partial charge on any atom is -0.507 e. The Kier molecular flexibility index (Phi) is 7.63. The Balaban J connectivity index is 1.83. The zero-order valence-corrected chi connectivity index (χ0v) is 22.8. The van der Waals surface area contributed by atoms with Gasteiger partial charge in [-0.1, -0.05) is 57.2 Å². The number of ether oxygens (including phenoxy) is 1. The number of carboxylic acids is 1. The van der Waals surface area contributed by atoms with E-state index in [0.29, 0.717) is 29.0 Å². The summed E-state index contributed by atoms with van der Waals surface area (Å²) in [6, 6.07) is 18.2. The summed E-state index contributed by atoms with van der Waals surface area (Å²) in [6.45, 7) is 10.6. The molecule has 1 fully saturated rings. The number of carbonyl (C=O) groups excluding carboxylic acids is 2. The van der Waals surface area contributed by atoms with Crippen molar-refractivity contribution in [2.75, 3.05) is 6.61 Å². The van der Waals surface area contributed by atoms with Crippen LogP contribution in [0, 0.1) is 6.92 Å². The van der Waals surface area contributed by atoms with E-state index >= 15 is 0 Å². The van der Waals surface area contributed by atoms with Crippen molar-refractivity contribution in [3.63, 3.8) is 0 Å². The second-order valence-electron chi connectivity index (χ2n) is 10.7. The first kappa shape index (κ1) is 27.6. The maximum atomic E-state index is 13.4. The normalized spacial score (nSPS) is 16.9. The summed E-state index contributed by atoms with van der Waals surface area (Å²) in [6.07, 6.45) is 0. The average Bonchev–Trinajstić information content (AvgIpc) is 3.14. The van der Waals surface area contributed by atoms with Crippen molar-refractivity contribution in [1.82, 2.24) is 4.90 Å². The highest BCUT2D eigenvalue weighted by molar-refractivity contribution is 6.46. The summed E-state index contributed by atoms with van der Waals surface area (Å²) in [7, 11) is 0. The van der Waals surface area contributed by atoms with Gasteiger partial charge in [-0.3, -0.25) is 9.59 Å². The maximum Gasteiger partial charge on any atom is 0.335 e. The lowest BCUT2D eigenvalue weighted by molar-refractivity contribution is -0.140. The number of hydrogen-bond donors (Lipinski definition) is 2. The first-order chi connectivity index (χ1) is 18.4. The molecular formula is C32H33NO6. The third-order valence-electron chi connectivity index (χ3n) is 6.93. The van der Waals surface area contributed by atoms with E-state index in [-0.39, 0.29) is 28.9 Å². The van der Waals surface area contributed by atoms with Crippen molar-refractivity contribution in [2.24, 2.45) is 0 Å². The molecule has 1 amide bonds. The largest absolute Gasteiger partial charge is 0.507 e. The standard InChI is InChI=1S/C32H33NO6/c1-6-39-25-16-13-23(17-19(25)2)28(34)26-27(21-11-14-24(15-12-21)32(3,4)5)33(30(36)29(26)35)18-20-7-9-22(10-8-20)31(37)38/h7-17,27,34H,6,18H2,1-5H3,(H,37,38)/b28-26-. The number of rotatable bonds is 7. The van der Waals surface area contributed by atoms with E-state index < -0.39 is 23.7 Å². The Morgan fingerprint density at radius 1 is 0.923 bits per heavy atom.